The summed E-state index contributed by atoms with van der Waals surface area (Å²) >= 11 is 0. The second-order valence-corrected chi connectivity index (χ2v) is 6.45. The van der Waals surface area contributed by atoms with E-state index < -0.39 is 6.04 Å². The predicted molar refractivity (Wildman–Crippen MR) is 80.9 cm³/mol. The number of amides is 2. The van der Waals surface area contributed by atoms with Gasteiger partial charge in [-0.1, -0.05) is 6.92 Å². The van der Waals surface area contributed by atoms with Gasteiger partial charge in [-0.05, 0) is 33.6 Å². The van der Waals surface area contributed by atoms with E-state index in [1.54, 1.807) is 11.1 Å². The van der Waals surface area contributed by atoms with Crippen LogP contribution in [0.1, 0.15) is 47.0 Å². The average molecular weight is 292 g/mol. The van der Waals surface area contributed by atoms with Crippen molar-refractivity contribution < 1.29 is 9.59 Å². The van der Waals surface area contributed by atoms with Crippen LogP contribution >= 0.6 is 0 Å². The number of nitrogens with one attached hydrogen (secondary N) is 1. The van der Waals surface area contributed by atoms with Crippen molar-refractivity contribution >= 4 is 17.5 Å². The molecule has 1 N–H and O–H groups in total. The van der Waals surface area contributed by atoms with E-state index in [-0.39, 0.29) is 17.4 Å². The van der Waals surface area contributed by atoms with Gasteiger partial charge in [0.05, 0.1) is 17.4 Å². The molecular weight excluding hydrogens is 268 g/mol. The highest BCUT2D eigenvalue weighted by Gasteiger charge is 2.31. The standard InChI is InChI=1S/C15H24N4O2/c1-5-12(18-8-6-7-13(18)20)14(21)17-11-9-16-19(10-11)15(2,3)4/h9-10,12H,5-8H2,1-4H3,(H,17,21)/t12-/m0/s1. The van der Waals surface area contributed by atoms with Gasteiger partial charge in [0.15, 0.2) is 0 Å². The molecule has 0 bridgehead atoms. The maximum absolute atomic E-state index is 12.4. The molecule has 0 unspecified atom stereocenters. The first-order chi connectivity index (χ1) is 9.82. The van der Waals surface area contributed by atoms with E-state index in [1.807, 2.05) is 38.6 Å². The molecule has 0 saturated carbocycles. The van der Waals surface area contributed by atoms with Crippen molar-refractivity contribution in [2.45, 2.75) is 58.5 Å². The molecule has 0 aromatic carbocycles. The molecule has 2 amide bonds. The maximum Gasteiger partial charge on any atom is 0.247 e. The highest BCUT2D eigenvalue weighted by atomic mass is 16.2. The molecule has 116 valence electrons. The molecule has 0 spiro atoms. The van der Waals surface area contributed by atoms with Crippen LogP contribution in [-0.2, 0) is 15.1 Å². The second-order valence-electron chi connectivity index (χ2n) is 6.45. The Balaban J connectivity index is 2.06. The smallest absolute Gasteiger partial charge is 0.247 e. The van der Waals surface area contributed by atoms with Gasteiger partial charge in [-0.15, -0.1) is 0 Å². The monoisotopic (exact) mass is 292 g/mol. The van der Waals surface area contributed by atoms with E-state index in [0.717, 1.165) is 6.42 Å². The summed E-state index contributed by atoms with van der Waals surface area (Å²) in [5.41, 5.74) is 0.540. The second kappa shape index (κ2) is 5.87. The van der Waals surface area contributed by atoms with Crippen molar-refractivity contribution in [2.75, 3.05) is 11.9 Å². The van der Waals surface area contributed by atoms with E-state index >= 15 is 0 Å². The van der Waals surface area contributed by atoms with Gasteiger partial charge in [0, 0.05) is 19.2 Å². The largest absolute Gasteiger partial charge is 0.331 e. The number of carbonyl (C=O) groups excluding carboxylic acids is 2. The Hall–Kier alpha value is -1.85. The van der Waals surface area contributed by atoms with Gasteiger partial charge in [0.2, 0.25) is 11.8 Å². The Kier molecular flexibility index (Phi) is 4.34. The summed E-state index contributed by atoms with van der Waals surface area (Å²) in [6.45, 7) is 8.73. The van der Waals surface area contributed by atoms with E-state index in [1.165, 1.54) is 0 Å². The third kappa shape index (κ3) is 3.43. The Morgan fingerprint density at radius 2 is 2.19 bits per heavy atom. The zero-order chi connectivity index (χ0) is 15.6. The summed E-state index contributed by atoms with van der Waals surface area (Å²) in [5.74, 6) is -0.0661. The Morgan fingerprint density at radius 3 is 2.67 bits per heavy atom. The normalized spacial score (nSPS) is 17.1. The molecule has 2 heterocycles. The first kappa shape index (κ1) is 15.5. The topological polar surface area (TPSA) is 67.2 Å². The van der Waals surface area contributed by atoms with Crippen LogP contribution in [0.4, 0.5) is 5.69 Å². The average Bonchev–Trinajstić information content (AvgIpc) is 3.00. The highest BCUT2D eigenvalue weighted by molar-refractivity contribution is 5.97. The summed E-state index contributed by atoms with van der Waals surface area (Å²) < 4.78 is 1.81. The molecule has 0 aliphatic carbocycles. The molecule has 6 nitrogen and oxygen atoms in total. The third-order valence-corrected chi connectivity index (χ3v) is 3.71. The molecule has 21 heavy (non-hydrogen) atoms. The zero-order valence-corrected chi connectivity index (χ0v) is 13.2. The number of likely N-dealkylation sites (tertiary alicyclic amines) is 1. The lowest BCUT2D eigenvalue weighted by molar-refractivity contribution is -0.135. The molecule has 1 atom stereocenters. The quantitative estimate of drug-likeness (QED) is 0.922. The summed E-state index contributed by atoms with van der Waals surface area (Å²) in [6.07, 6.45) is 5.46. The fourth-order valence-electron chi connectivity index (χ4n) is 2.53. The molecule has 1 aromatic rings. The third-order valence-electron chi connectivity index (χ3n) is 3.71. The Bertz CT molecular complexity index is 530. The van der Waals surface area contributed by atoms with Gasteiger partial charge in [0.25, 0.3) is 0 Å². The number of anilines is 1. The van der Waals surface area contributed by atoms with Crippen molar-refractivity contribution in [3.63, 3.8) is 0 Å². The number of carbonyl (C=O) groups is 2. The highest BCUT2D eigenvalue weighted by Crippen LogP contribution is 2.19. The van der Waals surface area contributed by atoms with Crippen molar-refractivity contribution in [1.29, 1.82) is 0 Å². The molecule has 6 heteroatoms. The van der Waals surface area contributed by atoms with Crippen LogP contribution in [-0.4, -0.2) is 39.1 Å². The van der Waals surface area contributed by atoms with Crippen LogP contribution in [0, 0.1) is 0 Å². The molecule has 1 aromatic heterocycles. The Labute approximate surface area is 125 Å². The van der Waals surface area contributed by atoms with Crippen LogP contribution < -0.4 is 5.32 Å². The Morgan fingerprint density at radius 1 is 1.48 bits per heavy atom. The van der Waals surface area contributed by atoms with E-state index in [9.17, 15) is 9.59 Å². The van der Waals surface area contributed by atoms with Gasteiger partial charge in [-0.25, -0.2) is 0 Å². The number of hydrogen-bond donors (Lipinski definition) is 1. The fourth-order valence-corrected chi connectivity index (χ4v) is 2.53. The number of hydrogen-bond acceptors (Lipinski definition) is 3. The van der Waals surface area contributed by atoms with E-state index in [2.05, 4.69) is 10.4 Å². The molecule has 1 saturated heterocycles. The lowest BCUT2D eigenvalue weighted by atomic mass is 10.1. The van der Waals surface area contributed by atoms with Crippen LogP contribution in [0.25, 0.3) is 0 Å². The minimum atomic E-state index is -0.391. The van der Waals surface area contributed by atoms with Crippen LogP contribution in [0.2, 0.25) is 0 Å². The minimum absolute atomic E-state index is 0.0717. The maximum atomic E-state index is 12.4. The molecule has 2 rings (SSSR count). The fraction of sp³-hybridized carbons (Fsp3) is 0.667. The minimum Gasteiger partial charge on any atom is -0.331 e. The number of rotatable bonds is 4. The van der Waals surface area contributed by atoms with Crippen LogP contribution in [0.15, 0.2) is 12.4 Å². The summed E-state index contributed by atoms with van der Waals surface area (Å²) in [4.78, 5) is 25.9. The summed E-state index contributed by atoms with van der Waals surface area (Å²) in [7, 11) is 0. The van der Waals surface area contributed by atoms with Crippen LogP contribution in [0.5, 0.6) is 0 Å². The van der Waals surface area contributed by atoms with Crippen molar-refractivity contribution in [3.05, 3.63) is 12.4 Å². The van der Waals surface area contributed by atoms with Crippen molar-refractivity contribution in [1.82, 2.24) is 14.7 Å². The molecular formula is C15H24N4O2. The first-order valence-electron chi connectivity index (χ1n) is 7.48. The summed E-state index contributed by atoms with van der Waals surface area (Å²) in [5, 5.41) is 7.13. The van der Waals surface area contributed by atoms with Crippen molar-refractivity contribution in [3.8, 4) is 0 Å². The summed E-state index contributed by atoms with van der Waals surface area (Å²) in [6, 6.07) is -0.391. The van der Waals surface area contributed by atoms with Gasteiger partial charge in [0.1, 0.15) is 6.04 Å². The number of aromatic nitrogens is 2. The van der Waals surface area contributed by atoms with Gasteiger partial charge < -0.3 is 10.2 Å². The van der Waals surface area contributed by atoms with Gasteiger partial charge in [-0.3, -0.25) is 14.3 Å². The molecule has 1 aliphatic heterocycles. The zero-order valence-electron chi connectivity index (χ0n) is 13.2. The van der Waals surface area contributed by atoms with E-state index in [4.69, 9.17) is 0 Å². The lowest BCUT2D eigenvalue weighted by Crippen LogP contribution is -2.44. The van der Waals surface area contributed by atoms with Gasteiger partial charge in [-0.2, -0.15) is 5.10 Å². The molecule has 1 aliphatic rings. The van der Waals surface area contributed by atoms with E-state index in [0.29, 0.717) is 25.1 Å². The first-order valence-corrected chi connectivity index (χ1v) is 7.48. The lowest BCUT2D eigenvalue weighted by Gasteiger charge is -2.25. The number of nitrogens with zero attached hydrogens (tertiary/aromatic N) is 3. The SMILES string of the molecule is CC[C@@H](C(=O)Nc1cnn(C(C)(C)C)c1)N1CCCC1=O. The van der Waals surface area contributed by atoms with Crippen LogP contribution in [0.3, 0.4) is 0 Å². The van der Waals surface area contributed by atoms with Gasteiger partial charge >= 0.3 is 0 Å². The molecule has 1 fully saturated rings. The molecule has 0 radical (unpaired) electrons. The van der Waals surface area contributed by atoms with Crippen molar-refractivity contribution in [2.24, 2.45) is 0 Å². The predicted octanol–water partition coefficient (Wildman–Crippen LogP) is 1.98.